The molecule has 4 heteroatoms. The van der Waals surface area contributed by atoms with E-state index in [1.54, 1.807) is 0 Å². The minimum absolute atomic E-state index is 0.310. The lowest BCUT2D eigenvalue weighted by molar-refractivity contribution is 0.0931. The molecule has 0 amide bonds. The fourth-order valence-corrected chi connectivity index (χ4v) is 4.64. The monoisotopic (exact) mass is 361 g/mol. The molecule has 0 radical (unpaired) electrons. The van der Waals surface area contributed by atoms with E-state index >= 15 is 0 Å². The molecule has 1 aliphatic carbocycles. The van der Waals surface area contributed by atoms with Crippen molar-refractivity contribution >= 4 is 11.2 Å². The van der Waals surface area contributed by atoms with Gasteiger partial charge in [0.2, 0.25) is 0 Å². The molecule has 4 nitrogen and oxygen atoms in total. The molecule has 1 unspecified atom stereocenters. The molecule has 2 fully saturated rings. The van der Waals surface area contributed by atoms with Crippen LogP contribution in [0.2, 0.25) is 0 Å². The van der Waals surface area contributed by atoms with Crippen molar-refractivity contribution in [2.24, 2.45) is 5.92 Å². The van der Waals surface area contributed by atoms with E-state index in [4.69, 9.17) is 0 Å². The number of anilines is 1. The van der Waals surface area contributed by atoms with Gasteiger partial charge in [0.05, 0.1) is 24.1 Å². The average molecular weight is 361 g/mol. The summed E-state index contributed by atoms with van der Waals surface area (Å²) in [6, 6.07) is 10.9. The molecule has 140 valence electrons. The molecule has 2 aliphatic rings. The predicted octanol–water partition coefficient (Wildman–Crippen LogP) is 4.47. The number of benzene rings is 1. The van der Waals surface area contributed by atoms with Gasteiger partial charge in [0.15, 0.2) is 0 Å². The van der Waals surface area contributed by atoms with Gasteiger partial charge in [0.1, 0.15) is 0 Å². The summed E-state index contributed by atoms with van der Waals surface area (Å²) in [5.74, 6) is 0.937. The Hall–Kier alpha value is -2.33. The van der Waals surface area contributed by atoms with Crippen molar-refractivity contribution in [3.8, 4) is 0 Å². The third-order valence-electron chi connectivity index (χ3n) is 6.33. The van der Waals surface area contributed by atoms with Gasteiger partial charge < -0.3 is 14.4 Å². The number of hydrogen-bond acceptors (Lipinski definition) is 3. The SMILES string of the molecule is Cc1cccc(N2CCC(C(O)c3c(C4CC4)ccn4cncc34)CC2)c1. The Labute approximate surface area is 160 Å². The Kier molecular flexibility index (Phi) is 4.16. The van der Waals surface area contributed by atoms with Crippen molar-refractivity contribution in [1.29, 1.82) is 0 Å². The summed E-state index contributed by atoms with van der Waals surface area (Å²) in [4.78, 5) is 6.77. The molecule has 1 saturated heterocycles. The van der Waals surface area contributed by atoms with E-state index in [1.165, 1.54) is 29.7 Å². The molecule has 1 saturated carbocycles. The summed E-state index contributed by atoms with van der Waals surface area (Å²) >= 11 is 0. The van der Waals surface area contributed by atoms with E-state index in [2.05, 4.69) is 53.3 Å². The summed E-state index contributed by atoms with van der Waals surface area (Å²) in [6.45, 7) is 4.16. The van der Waals surface area contributed by atoms with Crippen molar-refractivity contribution < 1.29 is 5.11 Å². The lowest BCUT2D eigenvalue weighted by Gasteiger charge is -2.36. The lowest BCUT2D eigenvalue weighted by atomic mass is 9.84. The average Bonchev–Trinajstić information content (AvgIpc) is 3.43. The number of pyridine rings is 1. The van der Waals surface area contributed by atoms with E-state index in [0.717, 1.165) is 37.0 Å². The van der Waals surface area contributed by atoms with E-state index in [-0.39, 0.29) is 0 Å². The Morgan fingerprint density at radius 3 is 2.67 bits per heavy atom. The largest absolute Gasteiger partial charge is 0.388 e. The lowest BCUT2D eigenvalue weighted by Crippen LogP contribution is -2.35. The van der Waals surface area contributed by atoms with Crippen LogP contribution in [0.4, 0.5) is 5.69 Å². The highest BCUT2D eigenvalue weighted by atomic mass is 16.3. The van der Waals surface area contributed by atoms with E-state index in [1.807, 2.05) is 16.9 Å². The number of aromatic nitrogens is 2. The van der Waals surface area contributed by atoms with Crippen molar-refractivity contribution in [3.63, 3.8) is 0 Å². The van der Waals surface area contributed by atoms with Gasteiger partial charge in [0, 0.05) is 30.5 Å². The van der Waals surface area contributed by atoms with Crippen LogP contribution in [0.1, 0.15) is 54.4 Å². The zero-order chi connectivity index (χ0) is 18.4. The maximum absolute atomic E-state index is 11.4. The van der Waals surface area contributed by atoms with E-state index in [9.17, 15) is 5.11 Å². The minimum atomic E-state index is -0.402. The minimum Gasteiger partial charge on any atom is -0.388 e. The number of imidazole rings is 1. The standard InChI is InChI=1S/C23H27N3O/c1-16-3-2-4-19(13-16)25-10-7-18(8-11-25)23(27)22-20(17-5-6-17)9-12-26-15-24-14-21(22)26/h2-4,9,12-15,17-18,23,27H,5-8,10-11H2,1H3. The quantitative estimate of drug-likeness (QED) is 0.745. The van der Waals surface area contributed by atoms with Crippen molar-refractivity contribution in [2.75, 3.05) is 18.0 Å². The predicted molar refractivity (Wildman–Crippen MR) is 108 cm³/mol. The second-order valence-electron chi connectivity index (χ2n) is 8.25. The topological polar surface area (TPSA) is 40.8 Å². The first-order chi connectivity index (χ1) is 13.2. The number of fused-ring (bicyclic) bond motifs is 1. The normalized spacial score (nSPS) is 19.6. The summed E-state index contributed by atoms with van der Waals surface area (Å²) in [5, 5.41) is 11.4. The first-order valence-corrected chi connectivity index (χ1v) is 10.1. The summed E-state index contributed by atoms with van der Waals surface area (Å²) in [6.07, 6.45) is 9.97. The van der Waals surface area contributed by atoms with Crippen molar-refractivity contribution in [1.82, 2.24) is 9.38 Å². The van der Waals surface area contributed by atoms with Crippen LogP contribution in [0.5, 0.6) is 0 Å². The number of aliphatic hydroxyl groups is 1. The molecule has 3 aromatic rings. The zero-order valence-electron chi connectivity index (χ0n) is 15.9. The second-order valence-corrected chi connectivity index (χ2v) is 8.25. The molecule has 1 atom stereocenters. The molecular weight excluding hydrogens is 334 g/mol. The van der Waals surface area contributed by atoms with Gasteiger partial charge in [0.25, 0.3) is 0 Å². The Morgan fingerprint density at radius 2 is 1.93 bits per heavy atom. The van der Waals surface area contributed by atoms with Crippen molar-refractivity contribution in [3.05, 3.63) is 65.7 Å². The molecule has 1 N–H and O–H groups in total. The molecule has 5 rings (SSSR count). The fourth-order valence-electron chi connectivity index (χ4n) is 4.64. The maximum Gasteiger partial charge on any atom is 0.0992 e. The van der Waals surface area contributed by atoms with Crippen LogP contribution in [0, 0.1) is 12.8 Å². The molecule has 3 heterocycles. The van der Waals surface area contributed by atoms with Crippen LogP contribution in [0.15, 0.2) is 49.1 Å². The summed E-state index contributed by atoms with van der Waals surface area (Å²) in [7, 11) is 0. The van der Waals surface area contributed by atoms with Gasteiger partial charge in [-0.25, -0.2) is 4.98 Å². The van der Waals surface area contributed by atoms with Gasteiger partial charge in [-0.05, 0) is 73.8 Å². The number of piperidine rings is 1. The van der Waals surface area contributed by atoms with Crippen LogP contribution in [0.3, 0.4) is 0 Å². The number of aliphatic hydroxyl groups excluding tert-OH is 1. The van der Waals surface area contributed by atoms with Gasteiger partial charge in [-0.2, -0.15) is 0 Å². The van der Waals surface area contributed by atoms with Crippen LogP contribution >= 0.6 is 0 Å². The number of nitrogens with zero attached hydrogens (tertiary/aromatic N) is 3. The number of aryl methyl sites for hydroxylation is 1. The van der Waals surface area contributed by atoms with E-state index in [0.29, 0.717) is 11.8 Å². The van der Waals surface area contributed by atoms with Crippen LogP contribution < -0.4 is 4.90 Å². The van der Waals surface area contributed by atoms with Gasteiger partial charge in [-0.3, -0.25) is 0 Å². The Morgan fingerprint density at radius 1 is 1.11 bits per heavy atom. The molecule has 1 aromatic carbocycles. The molecule has 1 aliphatic heterocycles. The molecule has 0 spiro atoms. The third-order valence-corrected chi connectivity index (χ3v) is 6.33. The Balaban J connectivity index is 1.38. The highest BCUT2D eigenvalue weighted by Crippen LogP contribution is 2.46. The van der Waals surface area contributed by atoms with E-state index < -0.39 is 6.10 Å². The fraction of sp³-hybridized carbons (Fsp3) is 0.435. The summed E-state index contributed by atoms with van der Waals surface area (Å²) < 4.78 is 2.05. The number of hydrogen-bond donors (Lipinski definition) is 1. The highest BCUT2D eigenvalue weighted by Gasteiger charge is 2.33. The van der Waals surface area contributed by atoms with Gasteiger partial charge in [-0.1, -0.05) is 12.1 Å². The molecular formula is C23H27N3O. The van der Waals surface area contributed by atoms with Gasteiger partial charge >= 0.3 is 0 Å². The highest BCUT2D eigenvalue weighted by molar-refractivity contribution is 5.59. The Bertz CT molecular complexity index is 951. The smallest absolute Gasteiger partial charge is 0.0992 e. The van der Waals surface area contributed by atoms with Crippen LogP contribution in [-0.4, -0.2) is 27.6 Å². The molecule has 0 bridgehead atoms. The van der Waals surface area contributed by atoms with Gasteiger partial charge in [-0.15, -0.1) is 0 Å². The first-order valence-electron chi connectivity index (χ1n) is 10.1. The second kappa shape index (κ2) is 6.68. The molecule has 27 heavy (non-hydrogen) atoms. The van der Waals surface area contributed by atoms with Crippen LogP contribution in [-0.2, 0) is 0 Å². The summed E-state index contributed by atoms with van der Waals surface area (Å²) in [5.41, 5.74) is 6.16. The maximum atomic E-state index is 11.4. The third kappa shape index (κ3) is 3.12. The zero-order valence-corrected chi connectivity index (χ0v) is 15.9. The first kappa shape index (κ1) is 16.8. The number of rotatable bonds is 4. The van der Waals surface area contributed by atoms with Crippen LogP contribution in [0.25, 0.3) is 5.52 Å². The molecule has 2 aromatic heterocycles. The van der Waals surface area contributed by atoms with Crippen molar-refractivity contribution in [2.45, 2.75) is 44.6 Å².